The molecule has 1 saturated carbocycles. The van der Waals surface area contributed by atoms with Gasteiger partial charge in [-0.05, 0) is 38.8 Å². The van der Waals surface area contributed by atoms with E-state index in [9.17, 15) is 0 Å². The summed E-state index contributed by atoms with van der Waals surface area (Å²) in [4.78, 5) is 5.29. The molecule has 3 atom stereocenters. The van der Waals surface area contributed by atoms with Crippen LogP contribution in [-0.2, 0) is 9.47 Å². The number of ether oxygens (including phenoxy) is 2. The van der Waals surface area contributed by atoms with E-state index < -0.39 is 0 Å². The Morgan fingerprint density at radius 3 is 2.68 bits per heavy atom. The molecule has 0 aromatic rings. The first-order chi connectivity index (χ1) is 9.38. The first-order valence-electron chi connectivity index (χ1n) is 7.99. The van der Waals surface area contributed by atoms with E-state index in [1.807, 2.05) is 7.11 Å². The molecule has 3 aliphatic rings. The molecule has 2 aliphatic heterocycles. The van der Waals surface area contributed by atoms with Crippen molar-refractivity contribution in [2.75, 3.05) is 46.4 Å². The fraction of sp³-hybridized carbons (Fsp3) is 1.00. The van der Waals surface area contributed by atoms with Crippen LogP contribution in [0.1, 0.15) is 32.1 Å². The number of fused-ring (bicyclic) bond motifs is 1. The van der Waals surface area contributed by atoms with Crippen molar-refractivity contribution in [1.29, 1.82) is 0 Å². The summed E-state index contributed by atoms with van der Waals surface area (Å²) in [5.41, 5.74) is 0. The number of piperidine rings is 1. The molecular formula is C15H28N2O2. The Bertz CT molecular complexity index is 281. The molecule has 0 bridgehead atoms. The summed E-state index contributed by atoms with van der Waals surface area (Å²) in [5.74, 6) is 0. The lowest BCUT2D eigenvalue weighted by Crippen LogP contribution is -2.53. The SMILES string of the molecule is CO[C@@H]1CC[C@H]2[C@H]1OCCN2CCN1CCCCC1. The minimum absolute atomic E-state index is 0.320. The van der Waals surface area contributed by atoms with E-state index in [0.717, 1.165) is 19.6 Å². The van der Waals surface area contributed by atoms with E-state index in [1.165, 1.54) is 51.9 Å². The van der Waals surface area contributed by atoms with Gasteiger partial charge in [0.25, 0.3) is 0 Å². The van der Waals surface area contributed by atoms with Crippen LogP contribution in [0.3, 0.4) is 0 Å². The van der Waals surface area contributed by atoms with E-state index >= 15 is 0 Å². The van der Waals surface area contributed by atoms with Gasteiger partial charge in [0, 0.05) is 32.8 Å². The molecule has 0 aromatic heterocycles. The largest absolute Gasteiger partial charge is 0.379 e. The zero-order valence-corrected chi connectivity index (χ0v) is 12.2. The highest BCUT2D eigenvalue weighted by atomic mass is 16.5. The summed E-state index contributed by atoms with van der Waals surface area (Å²) in [6.45, 7) is 7.03. The lowest BCUT2D eigenvalue weighted by atomic mass is 10.1. The van der Waals surface area contributed by atoms with Crippen molar-refractivity contribution in [3.63, 3.8) is 0 Å². The van der Waals surface area contributed by atoms with Gasteiger partial charge in [0.15, 0.2) is 0 Å². The second kappa shape index (κ2) is 6.53. The topological polar surface area (TPSA) is 24.9 Å². The van der Waals surface area contributed by atoms with Crippen LogP contribution < -0.4 is 0 Å². The molecular weight excluding hydrogens is 240 g/mol. The van der Waals surface area contributed by atoms with E-state index in [4.69, 9.17) is 9.47 Å². The monoisotopic (exact) mass is 268 g/mol. The van der Waals surface area contributed by atoms with Gasteiger partial charge < -0.3 is 14.4 Å². The second-order valence-corrected chi connectivity index (χ2v) is 6.19. The van der Waals surface area contributed by atoms with Gasteiger partial charge >= 0.3 is 0 Å². The molecule has 3 rings (SSSR count). The van der Waals surface area contributed by atoms with Gasteiger partial charge in [-0.1, -0.05) is 6.42 Å². The maximum absolute atomic E-state index is 5.95. The van der Waals surface area contributed by atoms with Crippen molar-refractivity contribution in [3.8, 4) is 0 Å². The van der Waals surface area contributed by atoms with Gasteiger partial charge in [0.2, 0.25) is 0 Å². The van der Waals surface area contributed by atoms with Crippen molar-refractivity contribution < 1.29 is 9.47 Å². The molecule has 4 nitrogen and oxygen atoms in total. The molecule has 4 heteroatoms. The van der Waals surface area contributed by atoms with Crippen molar-refractivity contribution in [2.24, 2.45) is 0 Å². The molecule has 0 spiro atoms. The Balaban J connectivity index is 1.50. The maximum atomic E-state index is 5.95. The van der Waals surface area contributed by atoms with Crippen LogP contribution >= 0.6 is 0 Å². The number of likely N-dealkylation sites (tertiary alicyclic amines) is 1. The standard InChI is InChI=1S/C15H28N2O2/c1-18-14-6-5-13-15(14)19-12-11-17(13)10-9-16-7-3-2-4-8-16/h13-15H,2-12H2,1H3/t13-,14+,15+/m0/s1. The highest BCUT2D eigenvalue weighted by Gasteiger charge is 2.42. The minimum atomic E-state index is 0.320. The molecule has 0 radical (unpaired) electrons. The normalized spacial score (nSPS) is 37.4. The predicted molar refractivity (Wildman–Crippen MR) is 75.4 cm³/mol. The first kappa shape index (κ1) is 13.8. The van der Waals surface area contributed by atoms with Gasteiger partial charge in [-0.15, -0.1) is 0 Å². The maximum Gasteiger partial charge on any atom is 0.0991 e. The lowest BCUT2D eigenvalue weighted by molar-refractivity contribution is -0.105. The number of methoxy groups -OCH3 is 1. The third-order valence-electron chi connectivity index (χ3n) is 5.11. The van der Waals surface area contributed by atoms with Gasteiger partial charge in [0.05, 0.1) is 18.8 Å². The van der Waals surface area contributed by atoms with Crippen LogP contribution in [0.5, 0.6) is 0 Å². The third-order valence-corrected chi connectivity index (χ3v) is 5.11. The van der Waals surface area contributed by atoms with Crippen molar-refractivity contribution in [2.45, 2.75) is 50.4 Å². The molecule has 110 valence electrons. The summed E-state index contributed by atoms with van der Waals surface area (Å²) in [6, 6.07) is 0.600. The van der Waals surface area contributed by atoms with E-state index in [2.05, 4.69) is 9.80 Å². The highest BCUT2D eigenvalue weighted by molar-refractivity contribution is 4.95. The third kappa shape index (κ3) is 3.13. The Kier molecular flexibility index (Phi) is 4.74. The van der Waals surface area contributed by atoms with Crippen LogP contribution in [0, 0.1) is 0 Å². The van der Waals surface area contributed by atoms with Crippen LogP contribution in [0.4, 0.5) is 0 Å². The fourth-order valence-electron chi connectivity index (χ4n) is 3.97. The second-order valence-electron chi connectivity index (χ2n) is 6.19. The summed E-state index contributed by atoms with van der Waals surface area (Å²) in [5, 5.41) is 0. The van der Waals surface area contributed by atoms with Gasteiger partial charge in [-0.3, -0.25) is 4.90 Å². The number of hydrogen-bond acceptors (Lipinski definition) is 4. The van der Waals surface area contributed by atoms with E-state index in [1.54, 1.807) is 0 Å². The quantitative estimate of drug-likeness (QED) is 0.768. The Hall–Kier alpha value is -0.160. The average Bonchev–Trinajstić information content (AvgIpc) is 2.90. The van der Waals surface area contributed by atoms with E-state index in [0.29, 0.717) is 18.2 Å². The zero-order valence-electron chi connectivity index (χ0n) is 12.2. The average molecular weight is 268 g/mol. The number of nitrogens with zero attached hydrogens (tertiary/aromatic N) is 2. The Morgan fingerprint density at radius 1 is 1.05 bits per heavy atom. The molecule has 2 saturated heterocycles. The summed E-state index contributed by atoms with van der Waals surface area (Å²) >= 11 is 0. The number of morpholine rings is 1. The van der Waals surface area contributed by atoms with Crippen LogP contribution in [0.2, 0.25) is 0 Å². The summed E-state index contributed by atoms with van der Waals surface area (Å²) in [6.07, 6.45) is 7.24. The molecule has 0 aromatic carbocycles. The smallest absolute Gasteiger partial charge is 0.0991 e. The molecule has 0 amide bonds. The Labute approximate surface area is 117 Å². The molecule has 0 N–H and O–H groups in total. The van der Waals surface area contributed by atoms with E-state index in [-0.39, 0.29) is 0 Å². The van der Waals surface area contributed by atoms with Gasteiger partial charge in [0.1, 0.15) is 0 Å². The van der Waals surface area contributed by atoms with Crippen LogP contribution in [0.25, 0.3) is 0 Å². The number of hydrogen-bond donors (Lipinski definition) is 0. The highest BCUT2D eigenvalue weighted by Crippen LogP contribution is 2.31. The lowest BCUT2D eigenvalue weighted by Gasteiger charge is -2.40. The van der Waals surface area contributed by atoms with Crippen LogP contribution in [-0.4, -0.2) is 74.5 Å². The number of rotatable bonds is 4. The Morgan fingerprint density at radius 2 is 1.89 bits per heavy atom. The molecule has 3 fully saturated rings. The van der Waals surface area contributed by atoms with Crippen molar-refractivity contribution >= 4 is 0 Å². The zero-order chi connectivity index (χ0) is 13.1. The summed E-state index contributed by atoms with van der Waals surface area (Å²) < 4.78 is 11.5. The van der Waals surface area contributed by atoms with Crippen LogP contribution in [0.15, 0.2) is 0 Å². The van der Waals surface area contributed by atoms with Crippen molar-refractivity contribution in [3.05, 3.63) is 0 Å². The molecule has 19 heavy (non-hydrogen) atoms. The summed E-state index contributed by atoms with van der Waals surface area (Å²) in [7, 11) is 1.82. The molecule has 1 aliphatic carbocycles. The molecule has 0 unspecified atom stereocenters. The minimum Gasteiger partial charge on any atom is -0.379 e. The predicted octanol–water partition coefficient (Wildman–Crippen LogP) is 1.35. The first-order valence-corrected chi connectivity index (χ1v) is 7.99. The van der Waals surface area contributed by atoms with Crippen molar-refractivity contribution in [1.82, 2.24) is 9.80 Å². The van der Waals surface area contributed by atoms with Gasteiger partial charge in [-0.2, -0.15) is 0 Å². The molecule has 2 heterocycles. The van der Waals surface area contributed by atoms with Gasteiger partial charge in [-0.25, -0.2) is 0 Å². The fourth-order valence-corrected chi connectivity index (χ4v) is 3.97.